The molecule has 1 N–H and O–H groups in total. The van der Waals surface area contributed by atoms with Crippen molar-refractivity contribution in [2.45, 2.75) is 31.7 Å². The quantitative estimate of drug-likeness (QED) is 0.873. The van der Waals surface area contributed by atoms with Gasteiger partial charge in [0.2, 0.25) is 0 Å². The van der Waals surface area contributed by atoms with Crippen LogP contribution in [0.3, 0.4) is 0 Å². The predicted molar refractivity (Wildman–Crippen MR) is 86.8 cm³/mol. The van der Waals surface area contributed by atoms with E-state index in [0.717, 1.165) is 31.7 Å². The minimum Gasteiger partial charge on any atom is -0.492 e. The van der Waals surface area contributed by atoms with Crippen LogP contribution in [0.2, 0.25) is 0 Å². The van der Waals surface area contributed by atoms with E-state index in [9.17, 15) is 0 Å². The van der Waals surface area contributed by atoms with Crippen LogP contribution in [0, 0.1) is 0 Å². The SMILES string of the molecule is c1ccc(CCc2ccc(OCC3CCCN3)cc2)cc1. The van der Waals surface area contributed by atoms with Gasteiger partial charge in [0.05, 0.1) is 0 Å². The lowest BCUT2D eigenvalue weighted by Gasteiger charge is -2.12. The number of benzene rings is 2. The van der Waals surface area contributed by atoms with Crippen LogP contribution in [0.25, 0.3) is 0 Å². The number of hydrogen-bond acceptors (Lipinski definition) is 2. The lowest BCUT2D eigenvalue weighted by molar-refractivity contribution is 0.277. The predicted octanol–water partition coefficient (Wildman–Crippen LogP) is 3.60. The Labute approximate surface area is 127 Å². The number of ether oxygens (including phenoxy) is 1. The van der Waals surface area contributed by atoms with Crippen molar-refractivity contribution in [3.63, 3.8) is 0 Å². The first kappa shape index (κ1) is 14.2. The molecule has 0 aromatic heterocycles. The maximum atomic E-state index is 5.85. The molecule has 1 aliphatic heterocycles. The fourth-order valence-electron chi connectivity index (χ4n) is 2.78. The summed E-state index contributed by atoms with van der Waals surface area (Å²) >= 11 is 0. The smallest absolute Gasteiger partial charge is 0.119 e. The molecule has 0 spiro atoms. The van der Waals surface area contributed by atoms with Gasteiger partial charge in [0.1, 0.15) is 12.4 Å². The molecular weight excluding hydrogens is 258 g/mol. The summed E-state index contributed by atoms with van der Waals surface area (Å²) in [6.45, 7) is 1.91. The lowest BCUT2D eigenvalue weighted by Crippen LogP contribution is -2.28. The highest BCUT2D eigenvalue weighted by atomic mass is 16.5. The summed E-state index contributed by atoms with van der Waals surface area (Å²) in [7, 11) is 0. The maximum Gasteiger partial charge on any atom is 0.119 e. The fraction of sp³-hybridized carbons (Fsp3) is 0.368. The molecule has 110 valence electrons. The molecule has 2 aromatic carbocycles. The van der Waals surface area contributed by atoms with Crippen LogP contribution < -0.4 is 10.1 Å². The summed E-state index contributed by atoms with van der Waals surface area (Å²) in [6, 6.07) is 19.7. The summed E-state index contributed by atoms with van der Waals surface area (Å²) < 4.78 is 5.85. The number of hydrogen-bond donors (Lipinski definition) is 1. The Hall–Kier alpha value is -1.80. The molecule has 1 fully saturated rings. The first-order chi connectivity index (χ1) is 10.4. The Morgan fingerprint density at radius 3 is 2.29 bits per heavy atom. The lowest BCUT2D eigenvalue weighted by atomic mass is 10.0. The molecule has 3 rings (SSSR count). The highest BCUT2D eigenvalue weighted by Gasteiger charge is 2.14. The van der Waals surface area contributed by atoms with E-state index in [-0.39, 0.29) is 0 Å². The van der Waals surface area contributed by atoms with Crippen LogP contribution in [-0.4, -0.2) is 19.2 Å². The second-order valence-corrected chi connectivity index (χ2v) is 5.73. The maximum absolute atomic E-state index is 5.85. The Bertz CT molecular complexity index is 529. The van der Waals surface area contributed by atoms with E-state index >= 15 is 0 Å². The van der Waals surface area contributed by atoms with Gasteiger partial charge in [-0.25, -0.2) is 0 Å². The second-order valence-electron chi connectivity index (χ2n) is 5.73. The zero-order valence-electron chi connectivity index (χ0n) is 12.4. The zero-order valence-corrected chi connectivity index (χ0v) is 12.4. The van der Waals surface area contributed by atoms with Crippen molar-refractivity contribution in [2.24, 2.45) is 0 Å². The van der Waals surface area contributed by atoms with E-state index in [1.165, 1.54) is 24.0 Å². The summed E-state index contributed by atoms with van der Waals surface area (Å²) in [5.41, 5.74) is 2.76. The van der Waals surface area contributed by atoms with Gasteiger partial charge in [0.15, 0.2) is 0 Å². The molecule has 21 heavy (non-hydrogen) atoms. The minimum atomic E-state index is 0.530. The van der Waals surface area contributed by atoms with Crippen molar-refractivity contribution in [3.8, 4) is 5.75 Å². The van der Waals surface area contributed by atoms with Gasteiger partial charge in [-0.15, -0.1) is 0 Å². The third-order valence-corrected chi connectivity index (χ3v) is 4.08. The highest BCUT2D eigenvalue weighted by Crippen LogP contribution is 2.15. The summed E-state index contributed by atoms with van der Waals surface area (Å²) in [5.74, 6) is 0.979. The molecule has 1 atom stereocenters. The Kier molecular flexibility index (Phi) is 4.90. The van der Waals surface area contributed by atoms with E-state index in [2.05, 4.69) is 59.9 Å². The molecule has 2 aromatic rings. The van der Waals surface area contributed by atoms with Crippen LogP contribution in [0.4, 0.5) is 0 Å². The Morgan fingerprint density at radius 1 is 0.905 bits per heavy atom. The molecule has 1 unspecified atom stereocenters. The average Bonchev–Trinajstić information content (AvgIpc) is 3.06. The van der Waals surface area contributed by atoms with Crippen molar-refractivity contribution < 1.29 is 4.74 Å². The van der Waals surface area contributed by atoms with Gasteiger partial charge < -0.3 is 10.1 Å². The topological polar surface area (TPSA) is 21.3 Å². The summed E-state index contributed by atoms with van der Waals surface area (Å²) in [4.78, 5) is 0. The van der Waals surface area contributed by atoms with Gasteiger partial charge in [0.25, 0.3) is 0 Å². The van der Waals surface area contributed by atoms with Crippen LogP contribution in [0.5, 0.6) is 5.75 Å². The van der Waals surface area contributed by atoms with Gasteiger partial charge in [0, 0.05) is 6.04 Å². The van der Waals surface area contributed by atoms with Gasteiger partial charge in [-0.2, -0.15) is 0 Å². The minimum absolute atomic E-state index is 0.530. The molecule has 1 aliphatic rings. The zero-order chi connectivity index (χ0) is 14.3. The Morgan fingerprint density at radius 2 is 1.62 bits per heavy atom. The van der Waals surface area contributed by atoms with Crippen LogP contribution in [-0.2, 0) is 12.8 Å². The third-order valence-electron chi connectivity index (χ3n) is 4.08. The molecule has 0 radical (unpaired) electrons. The number of nitrogens with one attached hydrogen (secondary N) is 1. The molecule has 1 saturated heterocycles. The molecule has 0 bridgehead atoms. The van der Waals surface area contributed by atoms with E-state index in [0.29, 0.717) is 6.04 Å². The van der Waals surface area contributed by atoms with Crippen molar-refractivity contribution in [3.05, 3.63) is 65.7 Å². The first-order valence-electron chi connectivity index (χ1n) is 7.89. The first-order valence-corrected chi connectivity index (χ1v) is 7.89. The summed E-state index contributed by atoms with van der Waals surface area (Å²) in [6.07, 6.45) is 4.67. The van der Waals surface area contributed by atoms with Crippen LogP contribution >= 0.6 is 0 Å². The number of aryl methyl sites for hydroxylation is 2. The number of rotatable bonds is 6. The third kappa shape index (κ3) is 4.33. The van der Waals surface area contributed by atoms with Crippen molar-refractivity contribution in [1.29, 1.82) is 0 Å². The monoisotopic (exact) mass is 281 g/mol. The summed E-state index contributed by atoms with van der Waals surface area (Å²) in [5, 5.41) is 3.45. The van der Waals surface area contributed by atoms with Gasteiger partial charge in [-0.1, -0.05) is 42.5 Å². The van der Waals surface area contributed by atoms with Gasteiger partial charge in [-0.05, 0) is 55.5 Å². The van der Waals surface area contributed by atoms with Crippen molar-refractivity contribution in [1.82, 2.24) is 5.32 Å². The van der Waals surface area contributed by atoms with Crippen LogP contribution in [0.15, 0.2) is 54.6 Å². The molecule has 0 saturated carbocycles. The van der Waals surface area contributed by atoms with E-state index < -0.39 is 0 Å². The Balaban J connectivity index is 1.47. The molecule has 2 nitrogen and oxygen atoms in total. The standard InChI is InChI=1S/C19H23NO/c1-2-5-16(6-3-1)8-9-17-10-12-19(13-11-17)21-15-18-7-4-14-20-18/h1-3,5-6,10-13,18,20H,4,7-9,14-15H2. The molecule has 2 heteroatoms. The normalized spacial score (nSPS) is 17.8. The second kappa shape index (κ2) is 7.28. The van der Waals surface area contributed by atoms with Gasteiger partial charge in [-0.3, -0.25) is 0 Å². The average molecular weight is 281 g/mol. The fourth-order valence-corrected chi connectivity index (χ4v) is 2.78. The van der Waals surface area contributed by atoms with Crippen molar-refractivity contribution in [2.75, 3.05) is 13.2 Å². The van der Waals surface area contributed by atoms with E-state index in [4.69, 9.17) is 4.74 Å². The highest BCUT2D eigenvalue weighted by molar-refractivity contribution is 5.28. The van der Waals surface area contributed by atoms with E-state index in [1.807, 2.05) is 0 Å². The van der Waals surface area contributed by atoms with Gasteiger partial charge >= 0.3 is 0 Å². The molecule has 0 amide bonds. The molecular formula is C19H23NO. The molecule has 0 aliphatic carbocycles. The molecule has 1 heterocycles. The van der Waals surface area contributed by atoms with E-state index in [1.54, 1.807) is 0 Å². The van der Waals surface area contributed by atoms with Crippen LogP contribution in [0.1, 0.15) is 24.0 Å². The van der Waals surface area contributed by atoms with Crippen molar-refractivity contribution >= 4 is 0 Å². The largest absolute Gasteiger partial charge is 0.492 e.